The number of carbonyl (C=O) groups is 1. The number of pyridine rings is 1. The second-order valence-corrected chi connectivity index (χ2v) is 6.22. The Balaban J connectivity index is 1.48. The molecule has 1 saturated heterocycles. The van der Waals surface area contributed by atoms with Gasteiger partial charge in [0.15, 0.2) is 0 Å². The van der Waals surface area contributed by atoms with E-state index in [1.54, 1.807) is 36.5 Å². The molecule has 1 amide bonds. The molecule has 3 rings (SSSR count). The zero-order chi connectivity index (χ0) is 18.4. The third-order valence-corrected chi connectivity index (χ3v) is 4.34. The van der Waals surface area contributed by atoms with Crippen LogP contribution in [0.3, 0.4) is 0 Å². The van der Waals surface area contributed by atoms with Gasteiger partial charge in [0.05, 0.1) is 5.56 Å². The highest BCUT2D eigenvalue weighted by Crippen LogP contribution is 2.18. The normalized spacial score (nSPS) is 15.0. The molecule has 0 spiro atoms. The van der Waals surface area contributed by atoms with Crippen LogP contribution in [0.1, 0.15) is 24.0 Å². The smallest absolute Gasteiger partial charge is 0.244 e. The molecule has 0 atom stereocenters. The van der Waals surface area contributed by atoms with Crippen molar-refractivity contribution in [2.45, 2.75) is 18.9 Å². The molecule has 0 aliphatic carbocycles. The number of nitriles is 1. The number of benzene rings is 1. The zero-order valence-corrected chi connectivity index (χ0v) is 14.3. The molecule has 2 N–H and O–H groups in total. The van der Waals surface area contributed by atoms with Gasteiger partial charge in [-0.3, -0.25) is 4.79 Å². The van der Waals surface area contributed by atoms with Gasteiger partial charge in [0.25, 0.3) is 0 Å². The first-order chi connectivity index (χ1) is 12.6. The number of phenolic OH excluding ortho intramolecular Hbond substituents is 1. The van der Waals surface area contributed by atoms with Crippen molar-refractivity contribution in [2.75, 3.05) is 18.0 Å². The summed E-state index contributed by atoms with van der Waals surface area (Å²) in [5.41, 5.74) is 1.33. The van der Waals surface area contributed by atoms with Crippen LogP contribution in [-0.2, 0) is 4.79 Å². The Morgan fingerprint density at radius 1 is 1.31 bits per heavy atom. The fraction of sp³-hybridized carbons (Fsp3) is 0.250. The number of carbonyl (C=O) groups excluding carboxylic acids is 1. The van der Waals surface area contributed by atoms with Gasteiger partial charge in [-0.15, -0.1) is 0 Å². The minimum atomic E-state index is -0.136. The monoisotopic (exact) mass is 348 g/mol. The van der Waals surface area contributed by atoms with Gasteiger partial charge in [-0.05, 0) is 48.7 Å². The van der Waals surface area contributed by atoms with Gasteiger partial charge < -0.3 is 15.3 Å². The van der Waals surface area contributed by atoms with Gasteiger partial charge in [-0.2, -0.15) is 5.26 Å². The van der Waals surface area contributed by atoms with E-state index in [2.05, 4.69) is 21.3 Å². The maximum Gasteiger partial charge on any atom is 0.244 e. The lowest BCUT2D eigenvalue weighted by molar-refractivity contribution is -0.117. The summed E-state index contributed by atoms with van der Waals surface area (Å²) in [6.45, 7) is 1.61. The Labute approximate surface area is 152 Å². The predicted octanol–water partition coefficient (Wildman–Crippen LogP) is 2.46. The summed E-state index contributed by atoms with van der Waals surface area (Å²) >= 11 is 0. The van der Waals surface area contributed by atoms with Gasteiger partial charge >= 0.3 is 0 Å². The van der Waals surface area contributed by atoms with Gasteiger partial charge in [0.2, 0.25) is 5.91 Å². The molecular weight excluding hydrogens is 328 g/mol. The first-order valence-corrected chi connectivity index (χ1v) is 8.53. The van der Waals surface area contributed by atoms with Crippen LogP contribution in [-0.4, -0.2) is 35.1 Å². The van der Waals surface area contributed by atoms with Crippen LogP contribution in [0, 0.1) is 11.3 Å². The average molecular weight is 348 g/mol. The molecule has 6 heteroatoms. The van der Waals surface area contributed by atoms with Crippen molar-refractivity contribution in [1.82, 2.24) is 10.3 Å². The summed E-state index contributed by atoms with van der Waals surface area (Å²) < 4.78 is 0. The SMILES string of the molecule is N#Cc1ccc(N2CCC(NC(=O)/C=C/c3cccc(O)c3)CC2)nc1. The molecule has 2 aromatic rings. The van der Waals surface area contributed by atoms with E-state index in [4.69, 9.17) is 5.26 Å². The topological polar surface area (TPSA) is 89.2 Å². The van der Waals surface area contributed by atoms with E-state index in [-0.39, 0.29) is 17.7 Å². The molecule has 0 unspecified atom stereocenters. The second-order valence-electron chi connectivity index (χ2n) is 6.22. The number of nitrogens with zero attached hydrogens (tertiary/aromatic N) is 3. The molecule has 2 heterocycles. The van der Waals surface area contributed by atoms with Gasteiger partial charge in [-0.25, -0.2) is 4.98 Å². The van der Waals surface area contributed by atoms with E-state index >= 15 is 0 Å². The van der Waals surface area contributed by atoms with Crippen LogP contribution >= 0.6 is 0 Å². The number of hydrogen-bond donors (Lipinski definition) is 2. The van der Waals surface area contributed by atoms with Crippen LogP contribution < -0.4 is 10.2 Å². The van der Waals surface area contributed by atoms with Gasteiger partial charge in [0.1, 0.15) is 17.6 Å². The Bertz CT molecular complexity index is 832. The largest absolute Gasteiger partial charge is 0.508 e. The number of nitrogens with one attached hydrogen (secondary N) is 1. The lowest BCUT2D eigenvalue weighted by Crippen LogP contribution is -2.44. The van der Waals surface area contributed by atoms with E-state index in [1.165, 1.54) is 6.08 Å². The van der Waals surface area contributed by atoms with Crippen LogP contribution in [0.15, 0.2) is 48.7 Å². The Kier molecular flexibility index (Phi) is 5.49. The summed E-state index contributed by atoms with van der Waals surface area (Å²) in [7, 11) is 0. The number of piperidine rings is 1. The van der Waals surface area contributed by atoms with Crippen LogP contribution in [0.5, 0.6) is 5.75 Å². The Morgan fingerprint density at radius 2 is 2.12 bits per heavy atom. The van der Waals surface area contributed by atoms with Crippen LogP contribution in [0.4, 0.5) is 5.82 Å². The summed E-state index contributed by atoms with van der Waals surface area (Å²) in [5, 5.41) is 21.3. The summed E-state index contributed by atoms with van der Waals surface area (Å²) in [4.78, 5) is 18.5. The highest BCUT2D eigenvalue weighted by atomic mass is 16.3. The molecule has 26 heavy (non-hydrogen) atoms. The molecule has 1 fully saturated rings. The van der Waals surface area contributed by atoms with Crippen LogP contribution in [0.2, 0.25) is 0 Å². The van der Waals surface area contributed by atoms with E-state index in [1.807, 2.05) is 12.1 Å². The molecule has 1 aliphatic rings. The van der Waals surface area contributed by atoms with Crippen molar-refractivity contribution in [3.8, 4) is 11.8 Å². The molecule has 6 nitrogen and oxygen atoms in total. The summed E-state index contributed by atoms with van der Waals surface area (Å²) in [6, 6.07) is 12.6. The highest BCUT2D eigenvalue weighted by molar-refractivity contribution is 5.91. The average Bonchev–Trinajstić information content (AvgIpc) is 2.67. The number of amides is 1. The number of phenols is 1. The van der Waals surface area contributed by atoms with Gasteiger partial charge in [-0.1, -0.05) is 12.1 Å². The molecule has 1 aliphatic heterocycles. The molecular formula is C20H20N4O2. The first kappa shape index (κ1) is 17.5. The lowest BCUT2D eigenvalue weighted by Gasteiger charge is -2.33. The first-order valence-electron chi connectivity index (χ1n) is 8.53. The van der Waals surface area contributed by atoms with E-state index < -0.39 is 0 Å². The quantitative estimate of drug-likeness (QED) is 0.829. The van der Waals surface area contributed by atoms with E-state index in [9.17, 15) is 9.90 Å². The summed E-state index contributed by atoms with van der Waals surface area (Å²) in [6.07, 6.45) is 6.43. The standard InChI is InChI=1S/C20H20N4O2/c21-13-16-4-6-19(22-14-16)24-10-8-17(9-11-24)23-20(26)7-5-15-2-1-3-18(25)12-15/h1-7,12,14,17,25H,8-11H2,(H,23,26)/b7-5+. The molecule has 0 bridgehead atoms. The third kappa shape index (κ3) is 4.61. The Hall–Kier alpha value is -3.33. The van der Waals surface area contributed by atoms with Crippen molar-refractivity contribution in [3.63, 3.8) is 0 Å². The molecule has 0 radical (unpaired) electrons. The van der Waals surface area contributed by atoms with Crippen molar-refractivity contribution in [1.29, 1.82) is 5.26 Å². The Morgan fingerprint density at radius 3 is 2.77 bits per heavy atom. The van der Waals surface area contributed by atoms with Crippen molar-refractivity contribution < 1.29 is 9.90 Å². The molecule has 132 valence electrons. The van der Waals surface area contributed by atoms with Crippen molar-refractivity contribution >= 4 is 17.8 Å². The molecule has 1 aromatic heterocycles. The maximum absolute atomic E-state index is 12.1. The lowest BCUT2D eigenvalue weighted by atomic mass is 10.0. The van der Waals surface area contributed by atoms with Crippen LogP contribution in [0.25, 0.3) is 6.08 Å². The fourth-order valence-corrected chi connectivity index (χ4v) is 2.94. The van der Waals surface area contributed by atoms with E-state index in [0.29, 0.717) is 5.56 Å². The number of anilines is 1. The molecule has 0 saturated carbocycles. The number of aromatic nitrogens is 1. The third-order valence-electron chi connectivity index (χ3n) is 4.34. The van der Waals surface area contributed by atoms with Crippen molar-refractivity contribution in [2.24, 2.45) is 0 Å². The summed E-state index contributed by atoms with van der Waals surface area (Å²) in [5.74, 6) is 0.900. The number of hydrogen-bond acceptors (Lipinski definition) is 5. The minimum absolute atomic E-state index is 0.131. The van der Waals surface area contributed by atoms with Crippen molar-refractivity contribution in [3.05, 3.63) is 59.8 Å². The fourth-order valence-electron chi connectivity index (χ4n) is 2.94. The van der Waals surface area contributed by atoms with E-state index in [0.717, 1.165) is 37.3 Å². The number of aromatic hydroxyl groups is 1. The zero-order valence-electron chi connectivity index (χ0n) is 14.3. The van der Waals surface area contributed by atoms with Gasteiger partial charge in [0, 0.05) is 31.4 Å². The second kappa shape index (κ2) is 8.17. The minimum Gasteiger partial charge on any atom is -0.508 e. The predicted molar refractivity (Wildman–Crippen MR) is 99.5 cm³/mol. The highest BCUT2D eigenvalue weighted by Gasteiger charge is 2.20. The molecule has 1 aromatic carbocycles. The maximum atomic E-state index is 12.1. The number of rotatable bonds is 4.